The maximum Gasteiger partial charge on any atom is 0.319 e. The number of anilines is 1. The molecule has 1 aliphatic heterocycles. The van der Waals surface area contributed by atoms with Crippen LogP contribution in [-0.4, -0.2) is 32.3 Å². The van der Waals surface area contributed by atoms with Crippen LogP contribution in [0.5, 0.6) is 0 Å². The van der Waals surface area contributed by atoms with E-state index in [9.17, 15) is 4.79 Å². The summed E-state index contributed by atoms with van der Waals surface area (Å²) in [6.45, 7) is 3.47. The molecule has 0 spiro atoms. The van der Waals surface area contributed by atoms with Gasteiger partial charge in [-0.25, -0.2) is 4.79 Å². The minimum Gasteiger partial charge on any atom is -0.376 e. The van der Waals surface area contributed by atoms with Crippen molar-refractivity contribution in [3.05, 3.63) is 29.8 Å². The summed E-state index contributed by atoms with van der Waals surface area (Å²) in [4.78, 5) is 11.8. The molecule has 1 aromatic rings. The highest BCUT2D eigenvalue weighted by molar-refractivity contribution is 5.89. The van der Waals surface area contributed by atoms with E-state index >= 15 is 0 Å². The fourth-order valence-electron chi connectivity index (χ4n) is 2.37. The van der Waals surface area contributed by atoms with Gasteiger partial charge in [0, 0.05) is 24.9 Å². The number of rotatable bonds is 5. The third kappa shape index (κ3) is 5.02. The van der Waals surface area contributed by atoms with Gasteiger partial charge in [0.1, 0.15) is 0 Å². The van der Waals surface area contributed by atoms with Gasteiger partial charge in [-0.15, -0.1) is 0 Å². The first-order chi connectivity index (χ1) is 10.2. The molecular weight excluding hydrogens is 266 g/mol. The van der Waals surface area contributed by atoms with Gasteiger partial charge < -0.3 is 20.7 Å². The van der Waals surface area contributed by atoms with Crippen LogP contribution in [0.3, 0.4) is 0 Å². The highest BCUT2D eigenvalue weighted by Crippen LogP contribution is 2.15. The van der Waals surface area contributed by atoms with Crippen molar-refractivity contribution in [1.29, 1.82) is 0 Å². The van der Waals surface area contributed by atoms with Crippen LogP contribution in [0, 0.1) is 0 Å². The highest BCUT2D eigenvalue weighted by Gasteiger charge is 2.14. The lowest BCUT2D eigenvalue weighted by molar-refractivity contribution is 0.0187. The average molecular weight is 291 g/mol. The van der Waals surface area contributed by atoms with Crippen molar-refractivity contribution in [2.75, 3.05) is 25.5 Å². The topological polar surface area (TPSA) is 62.4 Å². The summed E-state index contributed by atoms with van der Waals surface area (Å²) >= 11 is 0. The Labute approximate surface area is 126 Å². The second-order valence-corrected chi connectivity index (χ2v) is 5.46. The van der Waals surface area contributed by atoms with Crippen molar-refractivity contribution < 1.29 is 9.53 Å². The zero-order valence-electron chi connectivity index (χ0n) is 12.8. The van der Waals surface area contributed by atoms with Gasteiger partial charge in [0.05, 0.1) is 6.10 Å². The predicted octanol–water partition coefficient (Wildman–Crippen LogP) is 2.66. The first-order valence-electron chi connectivity index (χ1n) is 7.62. The Hall–Kier alpha value is -1.59. The van der Waals surface area contributed by atoms with Crippen LogP contribution in [0.4, 0.5) is 10.5 Å². The minimum atomic E-state index is -0.182. The van der Waals surface area contributed by atoms with E-state index < -0.39 is 0 Å². The summed E-state index contributed by atoms with van der Waals surface area (Å²) in [5.41, 5.74) is 1.99. The van der Waals surface area contributed by atoms with Gasteiger partial charge in [0.25, 0.3) is 0 Å². The Morgan fingerprint density at radius 1 is 1.33 bits per heavy atom. The van der Waals surface area contributed by atoms with Crippen LogP contribution in [0.25, 0.3) is 0 Å². The van der Waals surface area contributed by atoms with Crippen molar-refractivity contribution >= 4 is 11.7 Å². The molecule has 0 bridgehead atoms. The minimum absolute atomic E-state index is 0.156. The molecule has 1 saturated heterocycles. The second-order valence-electron chi connectivity index (χ2n) is 5.46. The van der Waals surface area contributed by atoms with Gasteiger partial charge in [0.2, 0.25) is 0 Å². The van der Waals surface area contributed by atoms with Crippen molar-refractivity contribution in [1.82, 2.24) is 10.6 Å². The summed E-state index contributed by atoms with van der Waals surface area (Å²) < 4.78 is 5.58. The van der Waals surface area contributed by atoms with Gasteiger partial charge in [-0.3, -0.25) is 0 Å². The first kappa shape index (κ1) is 15.8. The van der Waals surface area contributed by atoms with Crippen LogP contribution in [0.1, 0.15) is 37.8 Å². The van der Waals surface area contributed by atoms with E-state index in [1.54, 1.807) is 0 Å². The van der Waals surface area contributed by atoms with Crippen LogP contribution < -0.4 is 16.0 Å². The molecule has 1 aliphatic rings. The van der Waals surface area contributed by atoms with Crippen molar-refractivity contribution in [2.45, 2.75) is 38.3 Å². The number of hydrogen-bond acceptors (Lipinski definition) is 3. The number of urea groups is 1. The van der Waals surface area contributed by atoms with Crippen LogP contribution in [0.15, 0.2) is 24.3 Å². The molecule has 116 valence electrons. The molecule has 3 N–H and O–H groups in total. The SMILES string of the molecule is CNC(C)c1ccc(NC(=O)NCC2CCCCO2)cc1. The van der Waals surface area contributed by atoms with Crippen LogP contribution >= 0.6 is 0 Å². The predicted molar refractivity (Wildman–Crippen MR) is 84.5 cm³/mol. The largest absolute Gasteiger partial charge is 0.376 e. The summed E-state index contributed by atoms with van der Waals surface area (Å²) in [6.07, 6.45) is 3.49. The summed E-state index contributed by atoms with van der Waals surface area (Å²) in [5.74, 6) is 0. The third-order valence-corrected chi connectivity index (χ3v) is 3.87. The molecule has 1 fully saturated rings. The van der Waals surface area contributed by atoms with Crippen molar-refractivity contribution in [2.24, 2.45) is 0 Å². The fourth-order valence-corrected chi connectivity index (χ4v) is 2.37. The lowest BCUT2D eigenvalue weighted by Crippen LogP contribution is -2.37. The third-order valence-electron chi connectivity index (χ3n) is 3.87. The molecule has 0 aliphatic carbocycles. The number of nitrogens with one attached hydrogen (secondary N) is 3. The molecule has 2 amide bonds. The fraction of sp³-hybridized carbons (Fsp3) is 0.562. The molecule has 1 aromatic carbocycles. The number of carbonyl (C=O) groups is 1. The Balaban J connectivity index is 1.76. The Morgan fingerprint density at radius 3 is 2.71 bits per heavy atom. The number of carbonyl (C=O) groups excluding carboxylic acids is 1. The molecule has 2 atom stereocenters. The van der Waals surface area contributed by atoms with E-state index in [4.69, 9.17) is 4.74 Å². The van der Waals surface area contributed by atoms with Gasteiger partial charge in [0.15, 0.2) is 0 Å². The quantitative estimate of drug-likeness (QED) is 0.781. The molecule has 0 saturated carbocycles. The molecule has 5 nitrogen and oxygen atoms in total. The summed E-state index contributed by atoms with van der Waals surface area (Å²) in [5, 5.41) is 8.89. The number of benzene rings is 1. The number of amides is 2. The highest BCUT2D eigenvalue weighted by atomic mass is 16.5. The standard InChI is InChI=1S/C16H25N3O2/c1-12(17-2)13-6-8-14(9-7-13)19-16(20)18-11-15-5-3-4-10-21-15/h6-9,12,15,17H,3-5,10-11H2,1-2H3,(H2,18,19,20). The number of ether oxygens (including phenoxy) is 1. The zero-order valence-corrected chi connectivity index (χ0v) is 12.8. The van der Waals surface area contributed by atoms with E-state index in [-0.39, 0.29) is 12.1 Å². The van der Waals surface area contributed by atoms with E-state index in [2.05, 4.69) is 22.9 Å². The Morgan fingerprint density at radius 2 is 2.10 bits per heavy atom. The van der Waals surface area contributed by atoms with Gasteiger partial charge in [-0.05, 0) is 50.9 Å². The smallest absolute Gasteiger partial charge is 0.319 e. The molecule has 5 heteroatoms. The molecule has 1 heterocycles. The molecule has 2 unspecified atom stereocenters. The second kappa shape index (κ2) is 8.00. The molecule has 0 aromatic heterocycles. The molecule has 0 radical (unpaired) electrons. The lowest BCUT2D eigenvalue weighted by Gasteiger charge is -2.22. The van der Waals surface area contributed by atoms with Gasteiger partial charge in [-0.1, -0.05) is 12.1 Å². The monoisotopic (exact) mass is 291 g/mol. The normalized spacial score (nSPS) is 19.8. The molecule has 2 rings (SSSR count). The molecule has 21 heavy (non-hydrogen) atoms. The van der Waals surface area contributed by atoms with Gasteiger partial charge in [-0.2, -0.15) is 0 Å². The van der Waals surface area contributed by atoms with Crippen LogP contribution in [0.2, 0.25) is 0 Å². The van der Waals surface area contributed by atoms with Crippen molar-refractivity contribution in [3.63, 3.8) is 0 Å². The molecular formula is C16H25N3O2. The van der Waals surface area contributed by atoms with Crippen molar-refractivity contribution in [3.8, 4) is 0 Å². The van der Waals surface area contributed by atoms with E-state index in [0.29, 0.717) is 12.6 Å². The number of hydrogen-bond donors (Lipinski definition) is 3. The maximum absolute atomic E-state index is 11.8. The van der Waals surface area contributed by atoms with Gasteiger partial charge >= 0.3 is 6.03 Å². The summed E-state index contributed by atoms with van der Waals surface area (Å²) in [7, 11) is 1.93. The lowest BCUT2D eigenvalue weighted by atomic mass is 10.1. The van der Waals surface area contributed by atoms with E-state index in [1.807, 2.05) is 31.3 Å². The first-order valence-corrected chi connectivity index (χ1v) is 7.62. The Bertz CT molecular complexity index is 441. The zero-order chi connectivity index (χ0) is 15.1. The Kier molecular flexibility index (Phi) is 6.02. The summed E-state index contributed by atoms with van der Waals surface area (Å²) in [6, 6.07) is 7.98. The average Bonchev–Trinajstić information content (AvgIpc) is 2.54. The van der Waals surface area contributed by atoms with E-state index in [1.165, 1.54) is 12.0 Å². The van der Waals surface area contributed by atoms with E-state index in [0.717, 1.165) is 25.1 Å². The van der Waals surface area contributed by atoms with Crippen LogP contribution in [-0.2, 0) is 4.74 Å². The maximum atomic E-state index is 11.8.